The first-order chi connectivity index (χ1) is 9.74. The fourth-order valence-corrected chi connectivity index (χ4v) is 1.93. The van der Waals surface area contributed by atoms with Crippen LogP contribution in [0.4, 0.5) is 0 Å². The average molecular weight is 270 g/mol. The van der Waals surface area contributed by atoms with Gasteiger partial charge in [0.1, 0.15) is 12.4 Å². The molecule has 0 aromatic heterocycles. The molecule has 0 bridgehead atoms. The van der Waals surface area contributed by atoms with Gasteiger partial charge in [0.2, 0.25) is 0 Å². The summed E-state index contributed by atoms with van der Waals surface area (Å²) in [6, 6.07) is 15.2. The highest BCUT2D eigenvalue weighted by molar-refractivity contribution is 5.93. The molecule has 3 N–H and O–H groups in total. The molecular formula is C16H18N2O2. The van der Waals surface area contributed by atoms with Gasteiger partial charge in [0.25, 0.3) is 5.91 Å². The van der Waals surface area contributed by atoms with E-state index in [2.05, 4.69) is 18.4 Å². The Morgan fingerprint density at radius 3 is 2.50 bits per heavy atom. The lowest BCUT2D eigenvalue weighted by Crippen LogP contribution is -2.29. The minimum absolute atomic E-state index is 0.297. The molecule has 4 heteroatoms. The molecule has 0 unspecified atom stereocenters. The zero-order valence-corrected chi connectivity index (χ0v) is 11.4. The number of carbonyl (C=O) groups is 1. The highest BCUT2D eigenvalue weighted by atomic mass is 16.5. The minimum Gasteiger partial charge on any atom is -0.489 e. The molecule has 0 saturated heterocycles. The maximum absolute atomic E-state index is 11.3. The molecule has 0 radical (unpaired) electrons. The summed E-state index contributed by atoms with van der Waals surface area (Å²) in [6.45, 7) is 2.57. The molecule has 0 aliphatic heterocycles. The second-order valence-electron chi connectivity index (χ2n) is 4.42. The highest BCUT2D eigenvalue weighted by Gasteiger charge is 2.04. The van der Waals surface area contributed by atoms with E-state index in [4.69, 9.17) is 10.6 Å². The summed E-state index contributed by atoms with van der Waals surface area (Å²) in [5, 5.41) is 0. The van der Waals surface area contributed by atoms with E-state index in [-0.39, 0.29) is 5.91 Å². The summed E-state index contributed by atoms with van der Waals surface area (Å²) in [6.07, 6.45) is 0.936. The lowest BCUT2D eigenvalue weighted by Gasteiger charge is -2.10. The number of amides is 1. The Balaban J connectivity index is 2.02. The molecule has 1 amide bonds. The SMILES string of the molecule is CCc1ccccc1OCc1ccc(C(=O)NN)cc1. The standard InChI is InChI=1S/C16H18N2O2/c1-2-13-5-3-4-6-15(13)20-11-12-7-9-14(10-8-12)16(19)18-17/h3-10H,2,11,17H2,1H3,(H,18,19). The Morgan fingerprint density at radius 2 is 1.85 bits per heavy atom. The van der Waals surface area contributed by atoms with E-state index >= 15 is 0 Å². The largest absolute Gasteiger partial charge is 0.489 e. The zero-order chi connectivity index (χ0) is 14.4. The summed E-state index contributed by atoms with van der Waals surface area (Å²) in [5.74, 6) is 5.69. The molecule has 20 heavy (non-hydrogen) atoms. The zero-order valence-electron chi connectivity index (χ0n) is 11.4. The van der Waals surface area contributed by atoms with Crippen LogP contribution < -0.4 is 16.0 Å². The molecule has 2 aromatic carbocycles. The van der Waals surface area contributed by atoms with Crippen LogP contribution >= 0.6 is 0 Å². The van der Waals surface area contributed by atoms with Crippen molar-refractivity contribution in [3.05, 3.63) is 65.2 Å². The minimum atomic E-state index is -0.297. The third-order valence-corrected chi connectivity index (χ3v) is 3.10. The van der Waals surface area contributed by atoms with Crippen molar-refractivity contribution in [2.45, 2.75) is 20.0 Å². The smallest absolute Gasteiger partial charge is 0.265 e. The van der Waals surface area contributed by atoms with Gasteiger partial charge in [-0.2, -0.15) is 0 Å². The summed E-state index contributed by atoms with van der Waals surface area (Å²) in [7, 11) is 0. The number of carbonyl (C=O) groups excluding carboxylic acids is 1. The number of nitrogen functional groups attached to an aromatic ring is 1. The van der Waals surface area contributed by atoms with E-state index in [9.17, 15) is 4.79 Å². The normalized spacial score (nSPS) is 10.1. The number of para-hydroxylation sites is 1. The molecule has 4 nitrogen and oxygen atoms in total. The van der Waals surface area contributed by atoms with Gasteiger partial charge < -0.3 is 4.74 Å². The van der Waals surface area contributed by atoms with Crippen molar-refractivity contribution in [3.63, 3.8) is 0 Å². The van der Waals surface area contributed by atoms with Gasteiger partial charge in [-0.25, -0.2) is 5.84 Å². The average Bonchev–Trinajstić information content (AvgIpc) is 2.53. The van der Waals surface area contributed by atoms with Crippen LogP contribution in [0, 0.1) is 0 Å². The van der Waals surface area contributed by atoms with Crippen molar-refractivity contribution in [2.75, 3.05) is 0 Å². The summed E-state index contributed by atoms with van der Waals surface area (Å²) in [5.41, 5.74) is 4.83. The first kappa shape index (κ1) is 14.1. The lowest BCUT2D eigenvalue weighted by molar-refractivity contribution is 0.0953. The van der Waals surface area contributed by atoms with Crippen molar-refractivity contribution >= 4 is 5.91 Å². The first-order valence-electron chi connectivity index (χ1n) is 6.55. The van der Waals surface area contributed by atoms with Gasteiger partial charge in [0.15, 0.2) is 0 Å². The quantitative estimate of drug-likeness (QED) is 0.498. The van der Waals surface area contributed by atoms with E-state index in [1.165, 1.54) is 5.56 Å². The Bertz CT molecular complexity index is 579. The predicted octanol–water partition coefficient (Wildman–Crippen LogP) is 2.43. The number of nitrogens with two attached hydrogens (primary N) is 1. The molecule has 0 fully saturated rings. The van der Waals surface area contributed by atoms with E-state index in [0.717, 1.165) is 17.7 Å². The van der Waals surface area contributed by atoms with Crippen molar-refractivity contribution in [2.24, 2.45) is 5.84 Å². The molecule has 0 heterocycles. The Hall–Kier alpha value is -2.33. The van der Waals surface area contributed by atoms with Crippen LogP contribution in [0.25, 0.3) is 0 Å². The molecule has 0 atom stereocenters. The van der Waals surface area contributed by atoms with Gasteiger partial charge in [0.05, 0.1) is 0 Å². The van der Waals surface area contributed by atoms with Crippen LogP contribution in [0.1, 0.15) is 28.4 Å². The van der Waals surface area contributed by atoms with Crippen LogP contribution in [0.15, 0.2) is 48.5 Å². The van der Waals surface area contributed by atoms with Crippen molar-refractivity contribution in [1.82, 2.24) is 5.43 Å². The van der Waals surface area contributed by atoms with Crippen LogP contribution in [-0.4, -0.2) is 5.91 Å². The van der Waals surface area contributed by atoms with Gasteiger partial charge in [-0.15, -0.1) is 0 Å². The van der Waals surface area contributed by atoms with E-state index in [1.54, 1.807) is 12.1 Å². The maximum Gasteiger partial charge on any atom is 0.265 e. The van der Waals surface area contributed by atoms with Crippen LogP contribution in [0.3, 0.4) is 0 Å². The van der Waals surface area contributed by atoms with Crippen LogP contribution in [0.2, 0.25) is 0 Å². The van der Waals surface area contributed by atoms with Crippen molar-refractivity contribution in [1.29, 1.82) is 0 Å². The van der Waals surface area contributed by atoms with Gasteiger partial charge in [-0.1, -0.05) is 37.3 Å². The summed E-state index contributed by atoms with van der Waals surface area (Å²) in [4.78, 5) is 11.3. The number of hydrogen-bond donors (Lipinski definition) is 2. The van der Waals surface area contributed by atoms with Crippen LogP contribution in [-0.2, 0) is 13.0 Å². The Labute approximate surface area is 118 Å². The highest BCUT2D eigenvalue weighted by Crippen LogP contribution is 2.19. The summed E-state index contributed by atoms with van der Waals surface area (Å²) >= 11 is 0. The lowest BCUT2D eigenvalue weighted by atomic mass is 10.1. The number of hydrogen-bond acceptors (Lipinski definition) is 3. The molecule has 0 spiro atoms. The van der Waals surface area contributed by atoms with Crippen LogP contribution in [0.5, 0.6) is 5.75 Å². The van der Waals surface area contributed by atoms with Gasteiger partial charge in [-0.3, -0.25) is 10.2 Å². The molecular weight excluding hydrogens is 252 g/mol. The number of ether oxygens (including phenoxy) is 1. The van der Waals surface area contributed by atoms with E-state index in [1.807, 2.05) is 30.3 Å². The molecule has 0 aliphatic carbocycles. The van der Waals surface area contributed by atoms with E-state index in [0.29, 0.717) is 12.2 Å². The Morgan fingerprint density at radius 1 is 1.15 bits per heavy atom. The third-order valence-electron chi connectivity index (χ3n) is 3.10. The fraction of sp³-hybridized carbons (Fsp3) is 0.188. The molecule has 2 rings (SSSR count). The molecule has 0 saturated carbocycles. The van der Waals surface area contributed by atoms with Crippen molar-refractivity contribution < 1.29 is 9.53 Å². The number of benzene rings is 2. The number of rotatable bonds is 5. The molecule has 2 aromatic rings. The van der Waals surface area contributed by atoms with Gasteiger partial charge in [0, 0.05) is 5.56 Å². The van der Waals surface area contributed by atoms with Crippen molar-refractivity contribution in [3.8, 4) is 5.75 Å². The Kier molecular flexibility index (Phi) is 4.74. The fourth-order valence-electron chi connectivity index (χ4n) is 1.93. The summed E-state index contributed by atoms with van der Waals surface area (Å²) < 4.78 is 5.82. The second kappa shape index (κ2) is 6.73. The van der Waals surface area contributed by atoms with E-state index < -0.39 is 0 Å². The van der Waals surface area contributed by atoms with Gasteiger partial charge >= 0.3 is 0 Å². The molecule has 0 aliphatic rings. The first-order valence-corrected chi connectivity index (χ1v) is 6.55. The monoisotopic (exact) mass is 270 g/mol. The second-order valence-corrected chi connectivity index (χ2v) is 4.42. The maximum atomic E-state index is 11.3. The molecule has 104 valence electrons. The number of nitrogens with one attached hydrogen (secondary N) is 1. The topological polar surface area (TPSA) is 64.3 Å². The number of hydrazine groups is 1. The third kappa shape index (κ3) is 3.36. The van der Waals surface area contributed by atoms with Gasteiger partial charge in [-0.05, 0) is 35.7 Å². The number of aryl methyl sites for hydroxylation is 1. The predicted molar refractivity (Wildman–Crippen MR) is 78.2 cm³/mol.